The number of hydrogen-bond donors (Lipinski definition) is 1. The van der Waals surface area contributed by atoms with Crippen LogP contribution in [0.4, 0.5) is 0 Å². The van der Waals surface area contributed by atoms with Crippen molar-refractivity contribution in [1.82, 2.24) is 14.5 Å². The van der Waals surface area contributed by atoms with Crippen LogP contribution in [0.25, 0.3) is 33.2 Å². The van der Waals surface area contributed by atoms with Gasteiger partial charge in [-0.3, -0.25) is 4.57 Å². The highest BCUT2D eigenvalue weighted by molar-refractivity contribution is 7.17. The van der Waals surface area contributed by atoms with Gasteiger partial charge in [-0.1, -0.05) is 6.42 Å². The van der Waals surface area contributed by atoms with Gasteiger partial charge in [-0.2, -0.15) is 4.98 Å². The van der Waals surface area contributed by atoms with Crippen LogP contribution in [0.1, 0.15) is 37.7 Å². The number of aliphatic hydroxyl groups is 1. The molecular weight excluding hydrogens is 386 g/mol. The Morgan fingerprint density at radius 1 is 1.24 bits per heavy atom. The van der Waals surface area contributed by atoms with Crippen LogP contribution in [-0.4, -0.2) is 25.7 Å². The van der Waals surface area contributed by atoms with Gasteiger partial charge in [0.2, 0.25) is 0 Å². The highest BCUT2D eigenvalue weighted by Gasteiger charge is 2.18. The maximum atomic E-state index is 12.9. The molecule has 0 amide bonds. The van der Waals surface area contributed by atoms with Crippen LogP contribution in [0, 0.1) is 6.92 Å². The van der Waals surface area contributed by atoms with Crippen molar-refractivity contribution in [1.29, 1.82) is 0 Å². The van der Waals surface area contributed by atoms with Crippen LogP contribution >= 0.6 is 11.3 Å². The van der Waals surface area contributed by atoms with Crippen LogP contribution in [-0.2, 0) is 0 Å². The van der Waals surface area contributed by atoms with Crippen LogP contribution in [0.5, 0.6) is 5.75 Å². The molecule has 7 heteroatoms. The Balaban J connectivity index is 1.63. The Bertz CT molecular complexity index is 1320. The van der Waals surface area contributed by atoms with Gasteiger partial charge in [0.25, 0.3) is 0 Å². The monoisotopic (exact) mass is 407 g/mol. The lowest BCUT2D eigenvalue weighted by atomic mass is 9.98. The first-order chi connectivity index (χ1) is 14.2. The van der Waals surface area contributed by atoms with Crippen LogP contribution < -0.4 is 15.0 Å². The summed E-state index contributed by atoms with van der Waals surface area (Å²) in [4.78, 5) is 22.3. The Labute approximate surface area is 171 Å². The summed E-state index contributed by atoms with van der Waals surface area (Å²) in [6, 6.07) is 7.66. The van der Waals surface area contributed by atoms with E-state index in [2.05, 4.69) is 9.97 Å². The lowest BCUT2D eigenvalue weighted by molar-refractivity contribution is 0.155. The molecule has 0 unspecified atom stereocenters. The largest absolute Gasteiger partial charge is 0.514 e. The van der Waals surface area contributed by atoms with Crippen molar-refractivity contribution in [2.24, 2.45) is 0 Å². The summed E-state index contributed by atoms with van der Waals surface area (Å²) in [6.07, 6.45) is 8.89. The van der Waals surface area contributed by atoms with E-state index in [4.69, 9.17) is 4.74 Å². The van der Waals surface area contributed by atoms with Gasteiger partial charge in [0.05, 0.1) is 33.5 Å². The third kappa shape index (κ3) is 3.06. The number of hydrogen-bond acceptors (Lipinski definition) is 6. The Hall–Kier alpha value is -2.93. The molecule has 6 nitrogen and oxygen atoms in total. The van der Waals surface area contributed by atoms with E-state index < -0.39 is 0 Å². The summed E-state index contributed by atoms with van der Waals surface area (Å²) >= 11 is 1.32. The molecule has 1 fully saturated rings. The molecule has 4 aromatic rings. The van der Waals surface area contributed by atoms with E-state index in [1.54, 1.807) is 10.8 Å². The van der Waals surface area contributed by atoms with E-state index >= 15 is 0 Å². The van der Waals surface area contributed by atoms with Crippen molar-refractivity contribution < 1.29 is 9.84 Å². The number of ether oxygens (including phenoxy) is 1. The molecule has 0 radical (unpaired) electrons. The first-order valence-corrected chi connectivity index (χ1v) is 10.7. The van der Waals surface area contributed by atoms with E-state index in [1.165, 1.54) is 30.6 Å². The average Bonchev–Trinajstić information content (AvgIpc) is 3.09. The SMILES string of the molecule is Cc1cc(OC2CCCCC2)ccc1-n1c(=O)nc2c(=CO)sc3nccc1c32. The first kappa shape index (κ1) is 18.1. The zero-order valence-electron chi connectivity index (χ0n) is 16.1. The molecule has 0 spiro atoms. The highest BCUT2D eigenvalue weighted by Crippen LogP contribution is 2.29. The van der Waals surface area contributed by atoms with Crippen molar-refractivity contribution in [2.75, 3.05) is 0 Å². The molecule has 1 aliphatic carbocycles. The first-order valence-electron chi connectivity index (χ1n) is 9.88. The standard InChI is InChI=1S/C22H21N3O3S/c1-13-11-15(28-14-5-3-2-4-6-14)7-8-16(13)25-17-9-10-23-21-19(17)20(24-22(25)27)18(12-26)29-21/h7-12,14,26H,2-6H2,1H3. The molecule has 1 aromatic carbocycles. The number of pyridine rings is 1. The number of rotatable bonds is 3. The molecular formula is C22H21N3O3S. The molecule has 3 heterocycles. The zero-order valence-corrected chi connectivity index (χ0v) is 16.9. The third-order valence-electron chi connectivity index (χ3n) is 5.59. The second-order valence-electron chi connectivity index (χ2n) is 7.51. The van der Waals surface area contributed by atoms with Crippen molar-refractivity contribution in [3.05, 3.63) is 51.0 Å². The predicted octanol–water partition coefficient (Wildman–Crippen LogP) is 4.03. The van der Waals surface area contributed by atoms with Crippen LogP contribution in [0.2, 0.25) is 0 Å². The predicted molar refractivity (Wildman–Crippen MR) is 115 cm³/mol. The summed E-state index contributed by atoms with van der Waals surface area (Å²) in [5, 5.41) is 10.3. The Morgan fingerprint density at radius 2 is 2.07 bits per heavy atom. The molecule has 1 saturated carbocycles. The van der Waals surface area contributed by atoms with Crippen LogP contribution in [0.15, 0.2) is 35.3 Å². The van der Waals surface area contributed by atoms with E-state index in [0.29, 0.717) is 10.0 Å². The number of aromatic nitrogens is 3. The third-order valence-corrected chi connectivity index (χ3v) is 6.61. The lowest BCUT2D eigenvalue weighted by Gasteiger charge is -2.23. The quantitative estimate of drug-likeness (QED) is 0.555. The van der Waals surface area contributed by atoms with E-state index in [-0.39, 0.29) is 11.8 Å². The molecule has 1 N–H and O–H groups in total. The minimum Gasteiger partial charge on any atom is -0.514 e. The molecule has 0 atom stereocenters. The maximum Gasteiger partial charge on any atom is 0.353 e. The second kappa shape index (κ2) is 7.15. The minimum absolute atomic E-state index is 0.280. The van der Waals surface area contributed by atoms with Gasteiger partial charge in [0, 0.05) is 6.20 Å². The smallest absolute Gasteiger partial charge is 0.353 e. The highest BCUT2D eigenvalue weighted by atomic mass is 32.1. The summed E-state index contributed by atoms with van der Waals surface area (Å²) < 4.78 is 8.33. The number of aliphatic hydroxyl groups excluding tert-OH is 1. The fourth-order valence-corrected chi connectivity index (χ4v) is 5.12. The average molecular weight is 407 g/mol. The zero-order chi connectivity index (χ0) is 20.0. The molecule has 3 aromatic heterocycles. The van der Waals surface area contributed by atoms with Gasteiger partial charge in [-0.05, 0) is 62.4 Å². The fraction of sp³-hybridized carbons (Fsp3) is 0.318. The summed E-state index contributed by atoms with van der Waals surface area (Å²) in [5.74, 6) is 0.841. The van der Waals surface area contributed by atoms with E-state index in [1.807, 2.05) is 31.2 Å². The molecule has 1 aliphatic rings. The summed E-state index contributed by atoms with van der Waals surface area (Å²) in [7, 11) is 0. The van der Waals surface area contributed by atoms with Gasteiger partial charge >= 0.3 is 5.69 Å². The number of benzene rings is 1. The molecule has 0 aliphatic heterocycles. The van der Waals surface area contributed by atoms with Gasteiger partial charge in [0.1, 0.15) is 16.1 Å². The van der Waals surface area contributed by atoms with Crippen LogP contribution in [0.3, 0.4) is 0 Å². The molecule has 5 rings (SSSR count). The maximum absolute atomic E-state index is 12.9. The van der Waals surface area contributed by atoms with Crippen molar-refractivity contribution in [3.8, 4) is 11.4 Å². The molecule has 29 heavy (non-hydrogen) atoms. The Kier molecular flexibility index (Phi) is 4.47. The van der Waals surface area contributed by atoms with Gasteiger partial charge < -0.3 is 9.84 Å². The summed E-state index contributed by atoms with van der Waals surface area (Å²) in [6.45, 7) is 1.98. The normalized spacial score (nSPS) is 16.1. The van der Waals surface area contributed by atoms with Gasteiger partial charge in [-0.25, -0.2) is 9.78 Å². The number of nitrogens with zero attached hydrogens (tertiary/aromatic N) is 3. The fourth-order valence-electron chi connectivity index (χ4n) is 4.20. The minimum atomic E-state index is -0.379. The second-order valence-corrected chi connectivity index (χ2v) is 8.54. The Morgan fingerprint density at radius 3 is 2.83 bits per heavy atom. The van der Waals surface area contributed by atoms with Crippen molar-refractivity contribution in [3.63, 3.8) is 0 Å². The molecule has 148 valence electrons. The topological polar surface area (TPSA) is 77.2 Å². The van der Waals surface area contributed by atoms with Gasteiger partial charge in [0.15, 0.2) is 0 Å². The van der Waals surface area contributed by atoms with Gasteiger partial charge in [-0.15, -0.1) is 11.3 Å². The number of thiophene rings is 1. The lowest BCUT2D eigenvalue weighted by Crippen LogP contribution is -2.24. The molecule has 0 bridgehead atoms. The molecule has 0 saturated heterocycles. The van der Waals surface area contributed by atoms with E-state index in [0.717, 1.165) is 51.8 Å². The summed E-state index contributed by atoms with van der Waals surface area (Å²) in [5.41, 5.74) is 2.56. The number of aryl methyl sites for hydroxylation is 1. The van der Waals surface area contributed by atoms with Crippen molar-refractivity contribution >= 4 is 38.8 Å². The van der Waals surface area contributed by atoms with E-state index in [9.17, 15) is 9.90 Å². The van der Waals surface area contributed by atoms with Crippen molar-refractivity contribution in [2.45, 2.75) is 45.1 Å².